The molecule has 0 aliphatic carbocycles. The smallest absolute Gasteiger partial charge is 0.330 e. The van der Waals surface area contributed by atoms with Crippen molar-refractivity contribution in [3.8, 4) is 22.8 Å². The van der Waals surface area contributed by atoms with E-state index in [0.717, 1.165) is 0 Å². The van der Waals surface area contributed by atoms with Crippen LogP contribution in [0.15, 0.2) is 33.9 Å². The van der Waals surface area contributed by atoms with E-state index in [2.05, 4.69) is 9.97 Å². The summed E-state index contributed by atoms with van der Waals surface area (Å²) < 4.78 is 11.8. The van der Waals surface area contributed by atoms with Crippen molar-refractivity contribution in [3.63, 3.8) is 0 Å². The second-order valence-corrected chi connectivity index (χ2v) is 6.87. The summed E-state index contributed by atoms with van der Waals surface area (Å²) in [5.74, 6) is -0.585. The Bertz CT molecular complexity index is 1210. The molecule has 1 N–H and O–H groups in total. The van der Waals surface area contributed by atoms with Crippen molar-refractivity contribution in [2.45, 2.75) is 20.4 Å². The van der Waals surface area contributed by atoms with Gasteiger partial charge in [-0.15, -0.1) is 0 Å². The lowest BCUT2D eigenvalue weighted by atomic mass is 10.0. The first kappa shape index (κ1) is 20.1. The number of methoxy groups -OCH3 is 2. The summed E-state index contributed by atoms with van der Waals surface area (Å²) in [6.07, 6.45) is 0. The molecule has 0 spiro atoms. The Balaban J connectivity index is 2.47. The fourth-order valence-corrected chi connectivity index (χ4v) is 3.12. The summed E-state index contributed by atoms with van der Waals surface area (Å²) in [6, 6.07) is 6.19. The van der Waals surface area contributed by atoms with Gasteiger partial charge in [0.25, 0.3) is 5.56 Å². The zero-order valence-corrected chi connectivity index (χ0v) is 16.4. The Morgan fingerprint density at radius 1 is 1.21 bits per heavy atom. The first-order valence-electron chi connectivity index (χ1n) is 8.88. The van der Waals surface area contributed by atoms with Gasteiger partial charge in [0.2, 0.25) is 0 Å². The molecule has 9 heteroatoms. The van der Waals surface area contributed by atoms with Crippen molar-refractivity contribution in [2.24, 2.45) is 5.92 Å². The average Bonchev–Trinajstić information content (AvgIpc) is 2.69. The van der Waals surface area contributed by atoms with Crippen LogP contribution in [0.3, 0.4) is 0 Å². The van der Waals surface area contributed by atoms with Crippen molar-refractivity contribution in [1.82, 2.24) is 14.5 Å². The van der Waals surface area contributed by atoms with Gasteiger partial charge in [0.05, 0.1) is 31.3 Å². The Hall–Kier alpha value is -3.62. The largest absolute Gasteiger partial charge is 0.545 e. The number of H-pyrrole nitrogens is 1. The van der Waals surface area contributed by atoms with Crippen LogP contribution in [0.5, 0.6) is 11.5 Å². The number of rotatable bonds is 6. The van der Waals surface area contributed by atoms with E-state index in [1.807, 2.05) is 13.8 Å². The predicted octanol–water partition coefficient (Wildman–Crippen LogP) is 0.788. The third kappa shape index (κ3) is 3.71. The standard InChI is InChI=1S/C20H21N3O6/c1-10(2)9-23-17-16(18(24)22-20(23)27)13(19(25)26)8-14(21-17)12-7-11(28-3)5-6-15(12)29-4/h5-8,10H,9H2,1-4H3,(H,25,26)(H,22,24,27)/p-1. The molecule has 0 fully saturated rings. The van der Waals surface area contributed by atoms with Gasteiger partial charge in [-0.25, -0.2) is 9.78 Å². The lowest BCUT2D eigenvalue weighted by Gasteiger charge is -2.16. The number of nitrogens with one attached hydrogen (secondary N) is 1. The maximum atomic E-state index is 12.4. The minimum absolute atomic E-state index is 0.0333. The Morgan fingerprint density at radius 2 is 1.93 bits per heavy atom. The maximum absolute atomic E-state index is 12.4. The monoisotopic (exact) mass is 398 g/mol. The quantitative estimate of drug-likeness (QED) is 0.650. The van der Waals surface area contributed by atoms with Crippen molar-refractivity contribution in [1.29, 1.82) is 0 Å². The molecule has 29 heavy (non-hydrogen) atoms. The predicted molar refractivity (Wildman–Crippen MR) is 104 cm³/mol. The van der Waals surface area contributed by atoms with E-state index in [1.54, 1.807) is 18.2 Å². The van der Waals surface area contributed by atoms with E-state index >= 15 is 0 Å². The van der Waals surface area contributed by atoms with Gasteiger partial charge in [0.15, 0.2) is 5.65 Å². The number of carboxylic acid groups (broad SMARTS) is 1. The lowest BCUT2D eigenvalue weighted by Crippen LogP contribution is -2.34. The maximum Gasteiger partial charge on any atom is 0.330 e. The second-order valence-electron chi connectivity index (χ2n) is 6.87. The summed E-state index contributed by atoms with van der Waals surface area (Å²) in [5.41, 5.74) is -1.25. The molecule has 0 amide bonds. The number of carbonyl (C=O) groups is 1. The van der Waals surface area contributed by atoms with Crippen LogP contribution in [0.2, 0.25) is 0 Å². The summed E-state index contributed by atoms with van der Waals surface area (Å²) in [4.78, 5) is 43.2. The van der Waals surface area contributed by atoms with Crippen molar-refractivity contribution in [3.05, 3.63) is 50.7 Å². The van der Waals surface area contributed by atoms with Gasteiger partial charge in [0, 0.05) is 17.7 Å². The van der Waals surface area contributed by atoms with Gasteiger partial charge >= 0.3 is 5.69 Å². The third-order valence-electron chi connectivity index (χ3n) is 4.40. The topological polar surface area (TPSA) is 126 Å². The van der Waals surface area contributed by atoms with E-state index in [9.17, 15) is 19.5 Å². The van der Waals surface area contributed by atoms with E-state index in [4.69, 9.17) is 9.47 Å². The number of ether oxygens (including phenoxy) is 2. The molecule has 0 atom stereocenters. The zero-order chi connectivity index (χ0) is 21.3. The number of pyridine rings is 1. The minimum atomic E-state index is -1.55. The number of hydrogen-bond acceptors (Lipinski definition) is 7. The highest BCUT2D eigenvalue weighted by molar-refractivity contribution is 6.01. The van der Waals surface area contributed by atoms with Crippen LogP contribution < -0.4 is 25.8 Å². The van der Waals surface area contributed by atoms with E-state index in [-0.39, 0.29) is 34.8 Å². The van der Waals surface area contributed by atoms with Gasteiger partial charge < -0.3 is 19.4 Å². The highest BCUT2D eigenvalue weighted by atomic mass is 16.5. The molecule has 0 aliphatic heterocycles. The number of aromatic carboxylic acids is 1. The Labute approximate surface area is 165 Å². The average molecular weight is 398 g/mol. The molecular weight excluding hydrogens is 378 g/mol. The fraction of sp³-hybridized carbons (Fsp3) is 0.300. The van der Waals surface area contributed by atoms with E-state index in [0.29, 0.717) is 17.1 Å². The minimum Gasteiger partial charge on any atom is -0.545 e. The number of carboxylic acids is 1. The normalized spacial score (nSPS) is 11.1. The van der Waals surface area contributed by atoms with Gasteiger partial charge in [-0.2, -0.15) is 0 Å². The zero-order valence-electron chi connectivity index (χ0n) is 16.4. The summed E-state index contributed by atoms with van der Waals surface area (Å²) >= 11 is 0. The summed E-state index contributed by atoms with van der Waals surface area (Å²) in [6.45, 7) is 4.01. The molecule has 3 rings (SSSR count). The van der Waals surface area contributed by atoms with Crippen molar-refractivity contribution in [2.75, 3.05) is 14.2 Å². The van der Waals surface area contributed by atoms with Gasteiger partial charge in [-0.05, 0) is 30.2 Å². The Morgan fingerprint density at radius 3 is 2.52 bits per heavy atom. The molecule has 2 heterocycles. The van der Waals surface area contributed by atoms with Crippen LogP contribution >= 0.6 is 0 Å². The number of aromatic amines is 1. The molecule has 0 aliphatic rings. The number of fused-ring (bicyclic) bond motifs is 1. The van der Waals surface area contributed by atoms with Crippen LogP contribution in [0, 0.1) is 5.92 Å². The highest BCUT2D eigenvalue weighted by Crippen LogP contribution is 2.33. The molecular formula is C20H20N3O6-. The summed E-state index contributed by atoms with van der Waals surface area (Å²) in [7, 11) is 2.96. The molecule has 0 saturated carbocycles. The molecule has 0 saturated heterocycles. The number of hydrogen-bond donors (Lipinski definition) is 1. The molecule has 0 bridgehead atoms. The van der Waals surface area contributed by atoms with E-state index < -0.39 is 17.2 Å². The van der Waals surface area contributed by atoms with Crippen molar-refractivity contribution < 1.29 is 19.4 Å². The van der Waals surface area contributed by atoms with Crippen LogP contribution in [0.4, 0.5) is 0 Å². The third-order valence-corrected chi connectivity index (χ3v) is 4.40. The van der Waals surface area contributed by atoms with Gasteiger partial charge in [-0.3, -0.25) is 14.3 Å². The Kier molecular flexibility index (Phi) is 5.40. The summed E-state index contributed by atoms with van der Waals surface area (Å²) in [5, 5.41) is 11.6. The van der Waals surface area contributed by atoms with E-state index in [1.165, 1.54) is 24.9 Å². The number of nitrogens with zero attached hydrogens (tertiary/aromatic N) is 2. The fourth-order valence-electron chi connectivity index (χ4n) is 3.12. The highest BCUT2D eigenvalue weighted by Gasteiger charge is 2.19. The molecule has 0 radical (unpaired) electrons. The van der Waals surface area contributed by atoms with Crippen LogP contribution in [-0.2, 0) is 6.54 Å². The van der Waals surface area contributed by atoms with Crippen molar-refractivity contribution >= 4 is 17.0 Å². The molecule has 0 unspecified atom stereocenters. The molecule has 2 aromatic heterocycles. The molecule has 9 nitrogen and oxygen atoms in total. The lowest BCUT2D eigenvalue weighted by molar-refractivity contribution is -0.254. The molecule has 152 valence electrons. The number of carbonyl (C=O) groups excluding carboxylic acids is 1. The van der Waals surface area contributed by atoms with Crippen LogP contribution in [0.1, 0.15) is 24.2 Å². The van der Waals surface area contributed by atoms with Gasteiger partial charge in [0.1, 0.15) is 11.5 Å². The second kappa shape index (κ2) is 7.78. The number of benzene rings is 1. The molecule has 3 aromatic rings. The molecule has 1 aromatic carbocycles. The number of aromatic nitrogens is 3. The first-order valence-corrected chi connectivity index (χ1v) is 8.88. The van der Waals surface area contributed by atoms with Crippen LogP contribution in [-0.4, -0.2) is 34.7 Å². The van der Waals surface area contributed by atoms with Gasteiger partial charge in [-0.1, -0.05) is 13.8 Å². The van der Waals surface area contributed by atoms with Crippen LogP contribution in [0.25, 0.3) is 22.3 Å². The SMILES string of the molecule is COc1ccc(OC)c(-c2cc(C(=O)[O-])c3c(=O)[nH]c(=O)n(CC(C)C)c3n2)c1. The first-order chi connectivity index (χ1) is 13.8.